The lowest BCUT2D eigenvalue weighted by Crippen LogP contribution is -2.32. The predicted octanol–water partition coefficient (Wildman–Crippen LogP) is 3.65. The molecule has 1 aliphatic carbocycles. The van der Waals surface area contributed by atoms with Crippen molar-refractivity contribution in [2.24, 2.45) is 5.92 Å². The molecule has 26 heavy (non-hydrogen) atoms. The van der Waals surface area contributed by atoms with E-state index in [2.05, 4.69) is 10.3 Å². The Balaban J connectivity index is 1.54. The van der Waals surface area contributed by atoms with Gasteiger partial charge in [0.15, 0.2) is 0 Å². The molecule has 2 N–H and O–H groups in total. The summed E-state index contributed by atoms with van der Waals surface area (Å²) < 4.78 is 0. The van der Waals surface area contributed by atoms with E-state index in [9.17, 15) is 9.59 Å². The average Bonchev–Trinajstić information content (AvgIpc) is 3.46. The third-order valence-electron chi connectivity index (χ3n) is 5.06. The molecule has 1 aliphatic rings. The Morgan fingerprint density at radius 2 is 1.92 bits per heavy atom. The van der Waals surface area contributed by atoms with Gasteiger partial charge in [0.2, 0.25) is 5.91 Å². The van der Waals surface area contributed by atoms with Crippen molar-refractivity contribution in [3.63, 3.8) is 0 Å². The molecule has 1 unspecified atom stereocenters. The molecular formula is C22H22N2O2. The molecule has 1 atom stereocenters. The molecule has 0 saturated heterocycles. The highest BCUT2D eigenvalue weighted by molar-refractivity contribution is 5.84. The van der Waals surface area contributed by atoms with Crippen LogP contribution in [0.4, 0.5) is 0 Å². The number of hydrogen-bond acceptors (Lipinski definition) is 2. The van der Waals surface area contributed by atoms with E-state index < -0.39 is 0 Å². The molecule has 3 aromatic rings. The summed E-state index contributed by atoms with van der Waals surface area (Å²) in [5.74, 6) is 0.287. The maximum atomic E-state index is 12.8. The fourth-order valence-electron chi connectivity index (χ4n) is 3.52. The van der Waals surface area contributed by atoms with Crippen molar-refractivity contribution in [3.8, 4) is 0 Å². The standard InChI is InChI=1S/C22H22N2O2/c1-14-7-10-19-17(11-14)12-18(21(25)24-19)13-23-22(26)20(16-8-9-16)15-5-3-2-4-6-15/h2-7,10-12,16,20H,8-9,13H2,1H3,(H,23,26)(H,24,25). The van der Waals surface area contributed by atoms with E-state index in [1.807, 2.05) is 61.5 Å². The fraction of sp³-hybridized carbons (Fsp3) is 0.273. The number of aromatic nitrogens is 1. The Labute approximate surface area is 152 Å². The summed E-state index contributed by atoms with van der Waals surface area (Å²) in [7, 11) is 0. The molecule has 0 bridgehead atoms. The van der Waals surface area contributed by atoms with Gasteiger partial charge in [0.05, 0.1) is 5.92 Å². The number of hydrogen-bond donors (Lipinski definition) is 2. The Morgan fingerprint density at radius 3 is 2.65 bits per heavy atom. The van der Waals surface area contributed by atoms with Gasteiger partial charge in [-0.3, -0.25) is 9.59 Å². The molecule has 1 heterocycles. The van der Waals surface area contributed by atoms with Gasteiger partial charge in [-0.15, -0.1) is 0 Å². The van der Waals surface area contributed by atoms with Crippen LogP contribution in [0.2, 0.25) is 0 Å². The Bertz CT molecular complexity index is 1000. The smallest absolute Gasteiger partial charge is 0.253 e. The van der Waals surface area contributed by atoms with Crippen LogP contribution in [0.1, 0.15) is 35.4 Å². The first-order valence-corrected chi connectivity index (χ1v) is 9.07. The summed E-state index contributed by atoms with van der Waals surface area (Å²) in [5, 5.41) is 3.96. The minimum atomic E-state index is -0.149. The third-order valence-corrected chi connectivity index (χ3v) is 5.06. The highest BCUT2D eigenvalue weighted by atomic mass is 16.2. The van der Waals surface area contributed by atoms with E-state index in [0.29, 0.717) is 11.5 Å². The first-order valence-electron chi connectivity index (χ1n) is 9.07. The second kappa shape index (κ2) is 6.79. The van der Waals surface area contributed by atoms with Crippen LogP contribution in [0.15, 0.2) is 59.4 Å². The number of fused-ring (bicyclic) bond motifs is 1. The van der Waals surface area contributed by atoms with E-state index in [1.54, 1.807) is 0 Å². The van der Waals surface area contributed by atoms with Crippen LogP contribution in [0.25, 0.3) is 10.9 Å². The largest absolute Gasteiger partial charge is 0.351 e. The van der Waals surface area contributed by atoms with Crippen LogP contribution < -0.4 is 10.9 Å². The number of nitrogens with one attached hydrogen (secondary N) is 2. The van der Waals surface area contributed by atoms with Gasteiger partial charge < -0.3 is 10.3 Å². The Kier molecular flexibility index (Phi) is 4.33. The van der Waals surface area contributed by atoms with Crippen LogP contribution >= 0.6 is 0 Å². The van der Waals surface area contributed by atoms with Crippen LogP contribution in [-0.4, -0.2) is 10.9 Å². The molecule has 4 heteroatoms. The normalized spacial score (nSPS) is 15.0. The summed E-state index contributed by atoms with van der Waals surface area (Å²) in [5.41, 5.74) is 3.44. The zero-order valence-electron chi connectivity index (χ0n) is 14.8. The van der Waals surface area contributed by atoms with Crippen molar-refractivity contribution in [2.45, 2.75) is 32.2 Å². The lowest BCUT2D eigenvalue weighted by molar-refractivity contribution is -0.123. The number of aryl methyl sites for hydroxylation is 1. The van der Waals surface area contributed by atoms with Gasteiger partial charge in [-0.05, 0) is 54.8 Å². The quantitative estimate of drug-likeness (QED) is 0.741. The zero-order valence-corrected chi connectivity index (χ0v) is 14.8. The van der Waals surface area contributed by atoms with Gasteiger partial charge in [0.25, 0.3) is 5.56 Å². The zero-order chi connectivity index (χ0) is 18.1. The third kappa shape index (κ3) is 3.40. The van der Waals surface area contributed by atoms with Crippen molar-refractivity contribution in [1.29, 1.82) is 0 Å². The summed E-state index contributed by atoms with van der Waals surface area (Å²) in [6, 6.07) is 17.7. The topological polar surface area (TPSA) is 62.0 Å². The monoisotopic (exact) mass is 346 g/mol. The summed E-state index contributed by atoms with van der Waals surface area (Å²) in [6.07, 6.45) is 2.17. The van der Waals surface area contributed by atoms with Crippen LogP contribution in [0.3, 0.4) is 0 Å². The van der Waals surface area contributed by atoms with Gasteiger partial charge >= 0.3 is 0 Å². The van der Waals surface area contributed by atoms with Gasteiger partial charge in [-0.2, -0.15) is 0 Å². The fourth-order valence-corrected chi connectivity index (χ4v) is 3.52. The predicted molar refractivity (Wildman–Crippen MR) is 103 cm³/mol. The van der Waals surface area contributed by atoms with Crippen molar-refractivity contribution in [2.75, 3.05) is 0 Å². The minimum Gasteiger partial charge on any atom is -0.351 e. The first-order chi connectivity index (χ1) is 12.6. The second-order valence-corrected chi connectivity index (χ2v) is 7.16. The molecule has 4 nitrogen and oxygen atoms in total. The van der Waals surface area contributed by atoms with Crippen LogP contribution in [-0.2, 0) is 11.3 Å². The minimum absolute atomic E-state index is 0.00226. The molecule has 0 radical (unpaired) electrons. The molecule has 4 rings (SSSR count). The molecule has 0 spiro atoms. The number of carbonyl (C=O) groups is 1. The molecule has 1 fully saturated rings. The molecule has 132 valence electrons. The van der Waals surface area contributed by atoms with Crippen molar-refractivity contribution in [1.82, 2.24) is 10.3 Å². The van der Waals surface area contributed by atoms with Crippen molar-refractivity contribution in [3.05, 3.63) is 81.6 Å². The molecule has 0 aliphatic heterocycles. The highest BCUT2D eigenvalue weighted by Crippen LogP contribution is 2.42. The maximum Gasteiger partial charge on any atom is 0.253 e. The second-order valence-electron chi connectivity index (χ2n) is 7.16. The molecule has 1 aromatic heterocycles. The molecule has 2 aromatic carbocycles. The van der Waals surface area contributed by atoms with E-state index in [-0.39, 0.29) is 23.9 Å². The number of benzene rings is 2. The van der Waals surface area contributed by atoms with E-state index in [4.69, 9.17) is 0 Å². The van der Waals surface area contributed by atoms with Gasteiger partial charge in [0, 0.05) is 17.6 Å². The van der Waals surface area contributed by atoms with E-state index in [0.717, 1.165) is 34.9 Å². The number of H-pyrrole nitrogens is 1. The average molecular weight is 346 g/mol. The van der Waals surface area contributed by atoms with Crippen molar-refractivity contribution < 1.29 is 4.79 Å². The molecule has 1 amide bonds. The summed E-state index contributed by atoms with van der Waals surface area (Å²) in [6.45, 7) is 2.26. The van der Waals surface area contributed by atoms with Crippen molar-refractivity contribution >= 4 is 16.8 Å². The van der Waals surface area contributed by atoms with E-state index in [1.165, 1.54) is 0 Å². The Morgan fingerprint density at radius 1 is 1.15 bits per heavy atom. The van der Waals surface area contributed by atoms with Crippen LogP contribution in [0, 0.1) is 12.8 Å². The number of aromatic amines is 1. The van der Waals surface area contributed by atoms with Crippen LogP contribution in [0.5, 0.6) is 0 Å². The molecular weight excluding hydrogens is 324 g/mol. The highest BCUT2D eigenvalue weighted by Gasteiger charge is 2.37. The lowest BCUT2D eigenvalue weighted by Gasteiger charge is -2.16. The van der Waals surface area contributed by atoms with Gasteiger partial charge in [-0.1, -0.05) is 42.0 Å². The number of rotatable bonds is 5. The maximum absolute atomic E-state index is 12.8. The molecule has 1 saturated carbocycles. The van der Waals surface area contributed by atoms with Gasteiger partial charge in [-0.25, -0.2) is 0 Å². The van der Waals surface area contributed by atoms with Gasteiger partial charge in [0.1, 0.15) is 0 Å². The SMILES string of the molecule is Cc1ccc2[nH]c(=O)c(CNC(=O)C(c3ccccc3)C3CC3)cc2c1. The summed E-state index contributed by atoms with van der Waals surface area (Å²) in [4.78, 5) is 28.0. The summed E-state index contributed by atoms with van der Waals surface area (Å²) >= 11 is 0. The number of carbonyl (C=O) groups excluding carboxylic acids is 1. The lowest BCUT2D eigenvalue weighted by atomic mass is 9.93. The van der Waals surface area contributed by atoms with E-state index >= 15 is 0 Å². The Hall–Kier alpha value is -2.88. The number of amides is 1. The first kappa shape index (κ1) is 16.6. The number of pyridine rings is 1.